The van der Waals surface area contributed by atoms with Gasteiger partial charge in [-0.3, -0.25) is 4.79 Å². The number of nitrogens with zero attached hydrogens (tertiary/aromatic N) is 1. The fourth-order valence-corrected chi connectivity index (χ4v) is 6.54. The van der Waals surface area contributed by atoms with Gasteiger partial charge in [0.05, 0.1) is 12.6 Å². The Hall–Kier alpha value is -3.07. The maximum absolute atomic E-state index is 13.5. The minimum atomic E-state index is -0.352. The highest BCUT2D eigenvalue weighted by Gasteiger charge is 2.62. The molecular formula is C27H25NO2. The van der Waals surface area contributed by atoms with Crippen molar-refractivity contribution in [1.82, 2.24) is 4.90 Å². The minimum Gasteiger partial charge on any atom is -0.496 e. The highest BCUT2D eigenvalue weighted by atomic mass is 16.5. The SMILES string of the molecule is COc1ccccc1[C@H]1CC(=O)N2Cc3ccccc3[C@H]3CCc4ccccc4[C@@]312. The highest BCUT2D eigenvalue weighted by molar-refractivity contribution is 5.84. The molecule has 0 bridgehead atoms. The zero-order valence-corrected chi connectivity index (χ0v) is 17.2. The quantitative estimate of drug-likeness (QED) is 0.601. The summed E-state index contributed by atoms with van der Waals surface area (Å²) >= 11 is 0. The molecule has 1 saturated heterocycles. The predicted molar refractivity (Wildman–Crippen MR) is 117 cm³/mol. The molecule has 0 N–H and O–H groups in total. The molecule has 0 radical (unpaired) electrons. The lowest BCUT2D eigenvalue weighted by Gasteiger charge is -2.55. The van der Waals surface area contributed by atoms with Crippen molar-refractivity contribution in [3.8, 4) is 5.75 Å². The molecule has 1 amide bonds. The van der Waals surface area contributed by atoms with Gasteiger partial charge in [-0.2, -0.15) is 0 Å². The minimum absolute atomic E-state index is 0.0703. The molecule has 6 rings (SSSR count). The van der Waals surface area contributed by atoms with Crippen molar-refractivity contribution < 1.29 is 9.53 Å². The summed E-state index contributed by atoms with van der Waals surface area (Å²) in [4.78, 5) is 15.7. The molecule has 3 heteroatoms. The lowest BCUT2D eigenvalue weighted by atomic mass is 9.58. The number of carbonyl (C=O) groups excluding carboxylic acids is 1. The fraction of sp³-hybridized carbons (Fsp3) is 0.296. The first-order valence-electron chi connectivity index (χ1n) is 10.8. The van der Waals surface area contributed by atoms with Crippen LogP contribution in [0.3, 0.4) is 0 Å². The third-order valence-corrected chi connectivity index (χ3v) is 7.61. The van der Waals surface area contributed by atoms with E-state index in [0.29, 0.717) is 18.9 Å². The number of hydrogen-bond donors (Lipinski definition) is 0. The van der Waals surface area contributed by atoms with Gasteiger partial charge < -0.3 is 9.64 Å². The number of amides is 1. The molecule has 3 aromatic carbocycles. The summed E-state index contributed by atoms with van der Waals surface area (Å²) in [5, 5.41) is 0. The van der Waals surface area contributed by atoms with Crippen LogP contribution < -0.4 is 4.74 Å². The number of carbonyl (C=O) groups is 1. The van der Waals surface area contributed by atoms with E-state index in [9.17, 15) is 4.79 Å². The topological polar surface area (TPSA) is 29.5 Å². The van der Waals surface area contributed by atoms with E-state index in [-0.39, 0.29) is 17.4 Å². The Labute approximate surface area is 177 Å². The lowest BCUT2D eigenvalue weighted by Crippen LogP contribution is -2.54. The van der Waals surface area contributed by atoms with Crippen molar-refractivity contribution in [2.24, 2.45) is 0 Å². The van der Waals surface area contributed by atoms with Gasteiger partial charge in [-0.25, -0.2) is 0 Å². The van der Waals surface area contributed by atoms with Crippen molar-refractivity contribution in [2.45, 2.75) is 43.2 Å². The summed E-state index contributed by atoms with van der Waals surface area (Å²) in [5.74, 6) is 1.49. The maximum atomic E-state index is 13.5. The van der Waals surface area contributed by atoms with Gasteiger partial charge in [-0.1, -0.05) is 66.7 Å². The van der Waals surface area contributed by atoms with Crippen LogP contribution in [0.4, 0.5) is 0 Å². The third kappa shape index (κ3) is 2.18. The molecule has 3 aromatic rings. The van der Waals surface area contributed by atoms with Crippen LogP contribution in [0.15, 0.2) is 72.8 Å². The van der Waals surface area contributed by atoms with Crippen LogP contribution in [0.5, 0.6) is 5.75 Å². The smallest absolute Gasteiger partial charge is 0.224 e. The largest absolute Gasteiger partial charge is 0.496 e. The number of benzene rings is 3. The number of ether oxygens (including phenoxy) is 1. The molecule has 0 aromatic heterocycles. The van der Waals surface area contributed by atoms with E-state index < -0.39 is 0 Å². The number of fused-ring (bicyclic) bond motifs is 3. The van der Waals surface area contributed by atoms with E-state index in [2.05, 4.69) is 65.6 Å². The van der Waals surface area contributed by atoms with Crippen molar-refractivity contribution in [1.29, 1.82) is 0 Å². The van der Waals surface area contributed by atoms with Gasteiger partial charge >= 0.3 is 0 Å². The van der Waals surface area contributed by atoms with Gasteiger partial charge in [-0.15, -0.1) is 0 Å². The Morgan fingerprint density at radius 1 is 0.867 bits per heavy atom. The monoisotopic (exact) mass is 395 g/mol. The Balaban J connectivity index is 1.68. The van der Waals surface area contributed by atoms with Gasteiger partial charge in [0.1, 0.15) is 5.75 Å². The molecule has 3 nitrogen and oxygen atoms in total. The Morgan fingerprint density at radius 2 is 1.57 bits per heavy atom. The average molecular weight is 396 g/mol. The summed E-state index contributed by atoms with van der Waals surface area (Å²) in [5.41, 5.74) is 6.22. The fourth-order valence-electron chi connectivity index (χ4n) is 6.54. The van der Waals surface area contributed by atoms with E-state index in [4.69, 9.17) is 4.74 Å². The van der Waals surface area contributed by atoms with Crippen LogP contribution in [0.25, 0.3) is 0 Å². The lowest BCUT2D eigenvalue weighted by molar-refractivity contribution is -0.134. The summed E-state index contributed by atoms with van der Waals surface area (Å²) in [6.07, 6.45) is 2.64. The number of aryl methyl sites for hydroxylation is 1. The predicted octanol–water partition coefficient (Wildman–Crippen LogP) is 5.15. The molecule has 0 unspecified atom stereocenters. The highest BCUT2D eigenvalue weighted by Crippen LogP contribution is 2.64. The van der Waals surface area contributed by atoms with Crippen LogP contribution in [-0.2, 0) is 23.3 Å². The van der Waals surface area contributed by atoms with Crippen LogP contribution in [0, 0.1) is 0 Å². The van der Waals surface area contributed by atoms with Crippen molar-refractivity contribution in [3.05, 3.63) is 101 Å². The zero-order valence-electron chi connectivity index (χ0n) is 17.2. The number of hydrogen-bond acceptors (Lipinski definition) is 2. The van der Waals surface area contributed by atoms with Crippen LogP contribution in [0.2, 0.25) is 0 Å². The summed E-state index contributed by atoms with van der Waals surface area (Å²) in [6, 6.07) is 25.8. The molecule has 1 fully saturated rings. The molecule has 1 aliphatic carbocycles. The van der Waals surface area contributed by atoms with Gasteiger partial charge in [0.25, 0.3) is 0 Å². The van der Waals surface area contributed by atoms with E-state index in [1.54, 1.807) is 7.11 Å². The second-order valence-electron chi connectivity index (χ2n) is 8.75. The molecule has 1 spiro atoms. The molecule has 3 aliphatic rings. The molecule has 2 heterocycles. The van der Waals surface area contributed by atoms with E-state index in [1.165, 1.54) is 22.3 Å². The van der Waals surface area contributed by atoms with Crippen molar-refractivity contribution in [3.63, 3.8) is 0 Å². The van der Waals surface area contributed by atoms with Crippen LogP contribution in [-0.4, -0.2) is 17.9 Å². The van der Waals surface area contributed by atoms with Gasteiger partial charge in [0, 0.05) is 30.4 Å². The number of para-hydroxylation sites is 1. The first kappa shape index (κ1) is 17.8. The van der Waals surface area contributed by atoms with Gasteiger partial charge in [0.15, 0.2) is 0 Å². The molecule has 30 heavy (non-hydrogen) atoms. The number of methoxy groups -OCH3 is 1. The first-order valence-corrected chi connectivity index (χ1v) is 10.8. The molecule has 150 valence electrons. The third-order valence-electron chi connectivity index (χ3n) is 7.61. The molecule has 2 aliphatic heterocycles. The van der Waals surface area contributed by atoms with Crippen LogP contribution in [0.1, 0.15) is 52.5 Å². The first-order chi connectivity index (χ1) is 14.7. The van der Waals surface area contributed by atoms with Gasteiger partial charge in [-0.05, 0) is 41.2 Å². The normalized spacial score (nSPS) is 26.4. The van der Waals surface area contributed by atoms with Crippen LogP contribution >= 0.6 is 0 Å². The Kier molecular flexibility index (Phi) is 3.83. The Morgan fingerprint density at radius 3 is 2.40 bits per heavy atom. The zero-order chi connectivity index (χ0) is 20.3. The summed E-state index contributed by atoms with van der Waals surface area (Å²) in [7, 11) is 1.73. The Bertz CT molecular complexity index is 1150. The second kappa shape index (κ2) is 6.46. The second-order valence-corrected chi connectivity index (χ2v) is 8.75. The molecular weight excluding hydrogens is 370 g/mol. The van der Waals surface area contributed by atoms with Gasteiger partial charge in [0.2, 0.25) is 5.91 Å². The summed E-state index contributed by atoms with van der Waals surface area (Å²) in [6.45, 7) is 0.686. The summed E-state index contributed by atoms with van der Waals surface area (Å²) < 4.78 is 5.78. The number of rotatable bonds is 2. The molecule has 3 atom stereocenters. The molecule has 0 saturated carbocycles. The van der Waals surface area contributed by atoms with E-state index in [1.807, 2.05) is 12.1 Å². The van der Waals surface area contributed by atoms with Crippen molar-refractivity contribution in [2.75, 3.05) is 7.11 Å². The van der Waals surface area contributed by atoms with E-state index in [0.717, 1.165) is 24.2 Å². The maximum Gasteiger partial charge on any atom is 0.224 e. The average Bonchev–Trinajstić information content (AvgIpc) is 3.09. The van der Waals surface area contributed by atoms with Crippen molar-refractivity contribution >= 4 is 5.91 Å². The van der Waals surface area contributed by atoms with E-state index >= 15 is 0 Å². The standard InChI is InChI=1S/C27H25NO2/c1-30-25-13-7-5-11-21(25)24-16-26(29)28-17-19-9-2-4-10-20(19)23-15-14-18-8-3-6-12-22(18)27(23,24)28/h2-13,23-24H,14-17H2,1H3/t23-,24-,27-/m1/s1.